The molecule has 3 heterocycles. The lowest BCUT2D eigenvalue weighted by Crippen LogP contribution is -2.77. The Morgan fingerprint density at radius 3 is 2.22 bits per heavy atom. The van der Waals surface area contributed by atoms with Gasteiger partial charge in [0.05, 0.1) is 35.4 Å². The third-order valence-electron chi connectivity index (χ3n) is 12.9. The molecule has 0 aromatic heterocycles. The van der Waals surface area contributed by atoms with E-state index in [2.05, 4.69) is 11.8 Å². The monoisotopic (exact) mass is 525 g/mol. The van der Waals surface area contributed by atoms with Gasteiger partial charge >= 0.3 is 0 Å². The molecule has 37 heavy (non-hydrogen) atoms. The standard InChI is InChI=1S/C27H43NO9/c1-11-4-5-14-24(3,34)16-12(10-28(14)9-11)13-8-25-21(26(13,35)22(33)17(16)30)19(32)18(31)20-23(25,2)7-6-15(29)27(20,36)37-25/h11-22,29-36H,4-10H2,1-3H3/t11-,12-,13-,14-,15-,16+,17+,18?,19+,20-,21+,22-,23-,24+,25-,26-,27?/m0/s1. The summed E-state index contributed by atoms with van der Waals surface area (Å²) in [5.41, 5.74) is -5.58. The van der Waals surface area contributed by atoms with Gasteiger partial charge in [-0.15, -0.1) is 0 Å². The average Bonchev–Trinajstić information content (AvgIpc) is 3.13. The molecular weight excluding hydrogens is 482 g/mol. The smallest absolute Gasteiger partial charge is 0.198 e. The van der Waals surface area contributed by atoms with E-state index in [4.69, 9.17) is 4.74 Å². The van der Waals surface area contributed by atoms with Crippen molar-refractivity contribution in [3.63, 3.8) is 0 Å². The minimum absolute atomic E-state index is 0.174. The molecule has 8 N–H and O–H groups in total. The molecule has 3 aliphatic heterocycles. The Morgan fingerprint density at radius 1 is 0.838 bits per heavy atom. The molecule has 10 heteroatoms. The first-order chi connectivity index (χ1) is 17.2. The molecule has 7 rings (SSSR count). The van der Waals surface area contributed by atoms with Gasteiger partial charge in [-0.2, -0.15) is 0 Å². The molecule has 4 bridgehead atoms. The van der Waals surface area contributed by atoms with Crippen LogP contribution in [0.15, 0.2) is 0 Å². The molecule has 7 aliphatic rings. The lowest BCUT2D eigenvalue weighted by Gasteiger charge is -2.63. The van der Waals surface area contributed by atoms with E-state index < -0.39 is 88.1 Å². The van der Waals surface area contributed by atoms with Gasteiger partial charge in [0.25, 0.3) is 0 Å². The summed E-state index contributed by atoms with van der Waals surface area (Å²) in [7, 11) is 0. The molecule has 0 amide bonds. The fourth-order valence-corrected chi connectivity index (χ4v) is 11.4. The minimum atomic E-state index is -2.10. The minimum Gasteiger partial charge on any atom is -0.390 e. The highest BCUT2D eigenvalue weighted by atomic mass is 16.7. The van der Waals surface area contributed by atoms with Crippen molar-refractivity contribution < 1.29 is 45.6 Å². The fraction of sp³-hybridized carbons (Fsp3) is 1.00. The van der Waals surface area contributed by atoms with Gasteiger partial charge in [0.2, 0.25) is 0 Å². The number of piperidine rings is 2. The molecule has 0 aromatic rings. The maximum atomic E-state index is 12.5. The first-order valence-corrected chi connectivity index (χ1v) is 14.2. The Morgan fingerprint density at radius 2 is 1.51 bits per heavy atom. The van der Waals surface area contributed by atoms with Gasteiger partial charge in [-0.25, -0.2) is 0 Å². The highest BCUT2D eigenvalue weighted by Crippen LogP contribution is 2.76. The summed E-state index contributed by atoms with van der Waals surface area (Å²) in [6.45, 7) is 7.08. The number of rotatable bonds is 0. The van der Waals surface area contributed by atoms with Crippen molar-refractivity contribution in [2.24, 2.45) is 40.9 Å². The van der Waals surface area contributed by atoms with Crippen molar-refractivity contribution in [1.29, 1.82) is 0 Å². The van der Waals surface area contributed by atoms with Crippen LogP contribution in [0.4, 0.5) is 0 Å². The second-order valence-electron chi connectivity index (χ2n) is 14.4. The number of fused-ring (bicyclic) bond motifs is 5. The second kappa shape index (κ2) is 7.26. The Labute approximate surface area is 216 Å². The van der Waals surface area contributed by atoms with Crippen LogP contribution in [0.25, 0.3) is 0 Å². The second-order valence-corrected chi connectivity index (χ2v) is 14.4. The van der Waals surface area contributed by atoms with Crippen LogP contribution < -0.4 is 0 Å². The predicted octanol–water partition coefficient (Wildman–Crippen LogP) is -1.84. The molecule has 1 spiro atoms. The fourth-order valence-electron chi connectivity index (χ4n) is 11.4. The Hall–Kier alpha value is -0.400. The maximum absolute atomic E-state index is 12.5. The zero-order chi connectivity index (χ0) is 26.7. The van der Waals surface area contributed by atoms with Crippen molar-refractivity contribution in [2.75, 3.05) is 13.1 Å². The topological polar surface area (TPSA) is 174 Å². The van der Waals surface area contributed by atoms with E-state index in [1.165, 1.54) is 0 Å². The number of hydrogen-bond donors (Lipinski definition) is 8. The number of nitrogens with zero attached hydrogens (tertiary/aromatic N) is 1. The molecule has 4 saturated carbocycles. The van der Waals surface area contributed by atoms with E-state index >= 15 is 0 Å². The molecule has 7 fully saturated rings. The van der Waals surface area contributed by atoms with E-state index in [0.29, 0.717) is 18.9 Å². The largest absolute Gasteiger partial charge is 0.390 e. The molecule has 3 saturated heterocycles. The van der Waals surface area contributed by atoms with Gasteiger partial charge in [-0.1, -0.05) is 13.8 Å². The maximum Gasteiger partial charge on any atom is 0.198 e. The lowest BCUT2D eigenvalue weighted by molar-refractivity contribution is -0.296. The zero-order valence-corrected chi connectivity index (χ0v) is 21.8. The summed E-state index contributed by atoms with van der Waals surface area (Å²) in [5.74, 6) is -5.64. The first-order valence-electron chi connectivity index (χ1n) is 14.2. The quantitative estimate of drug-likeness (QED) is 0.179. The van der Waals surface area contributed by atoms with Crippen LogP contribution in [-0.2, 0) is 4.74 Å². The highest BCUT2D eigenvalue weighted by Gasteiger charge is 2.88. The molecular formula is C27H43NO9. The van der Waals surface area contributed by atoms with Gasteiger partial charge in [-0.05, 0) is 56.8 Å². The third kappa shape index (κ3) is 2.59. The number of aliphatic hydroxyl groups excluding tert-OH is 5. The summed E-state index contributed by atoms with van der Waals surface area (Å²) in [5, 5.41) is 92.8. The molecule has 210 valence electrons. The van der Waals surface area contributed by atoms with Gasteiger partial charge in [-0.3, -0.25) is 4.90 Å². The summed E-state index contributed by atoms with van der Waals surface area (Å²) < 4.78 is 6.42. The normalized spacial score (nSPS) is 68.5. The van der Waals surface area contributed by atoms with Gasteiger partial charge in [0.15, 0.2) is 5.79 Å². The van der Waals surface area contributed by atoms with Crippen LogP contribution in [0.1, 0.15) is 52.9 Å². The van der Waals surface area contributed by atoms with Gasteiger partial charge in [0, 0.05) is 36.4 Å². The third-order valence-corrected chi connectivity index (χ3v) is 12.9. The molecule has 2 unspecified atom stereocenters. The summed E-state index contributed by atoms with van der Waals surface area (Å²) in [6.07, 6.45) is -4.91. The zero-order valence-electron chi connectivity index (χ0n) is 21.8. The molecule has 0 aromatic carbocycles. The summed E-state index contributed by atoms with van der Waals surface area (Å²) in [6, 6.07) is -0.174. The SMILES string of the molecule is C[C@H]1CC[C@@H]2N(C1)C[C@@H]1[C@H]([C@@H](O)[C@H](O)[C@]3(O)[C@H]1C[C@]14OC5(O)[C@@H](C(O)[C@@H](O)[C@@H]31)[C@]4(C)CC[C@@H]5O)[C@]2(C)O. The van der Waals surface area contributed by atoms with Crippen LogP contribution in [0.5, 0.6) is 0 Å². The molecule has 10 nitrogen and oxygen atoms in total. The molecule has 4 aliphatic carbocycles. The predicted molar refractivity (Wildman–Crippen MR) is 128 cm³/mol. The summed E-state index contributed by atoms with van der Waals surface area (Å²) in [4.78, 5) is 2.25. The van der Waals surface area contributed by atoms with Crippen LogP contribution in [0.2, 0.25) is 0 Å². The van der Waals surface area contributed by atoms with Gasteiger partial charge in [0.1, 0.15) is 17.8 Å². The Bertz CT molecular complexity index is 997. The first kappa shape index (κ1) is 25.6. The van der Waals surface area contributed by atoms with E-state index in [9.17, 15) is 40.9 Å². The molecule has 0 radical (unpaired) electrons. The van der Waals surface area contributed by atoms with Gasteiger partial charge < -0.3 is 45.6 Å². The number of aliphatic hydroxyl groups is 8. The average molecular weight is 526 g/mol. The van der Waals surface area contributed by atoms with Crippen molar-refractivity contribution in [3.05, 3.63) is 0 Å². The Kier molecular flexibility index (Phi) is 5.02. The molecule has 17 atom stereocenters. The van der Waals surface area contributed by atoms with Crippen LogP contribution in [0, 0.1) is 40.9 Å². The van der Waals surface area contributed by atoms with Crippen LogP contribution in [-0.4, -0.2) is 118 Å². The highest BCUT2D eigenvalue weighted by molar-refractivity contribution is 5.34. The van der Waals surface area contributed by atoms with E-state index in [-0.39, 0.29) is 18.9 Å². The van der Waals surface area contributed by atoms with E-state index in [1.54, 1.807) is 6.92 Å². The lowest BCUT2D eigenvalue weighted by atomic mass is 9.48. The number of ether oxygens (including phenoxy) is 1. The summed E-state index contributed by atoms with van der Waals surface area (Å²) >= 11 is 0. The van der Waals surface area contributed by atoms with Crippen LogP contribution >= 0.6 is 0 Å². The van der Waals surface area contributed by atoms with Crippen LogP contribution in [0.3, 0.4) is 0 Å². The van der Waals surface area contributed by atoms with Crippen molar-refractivity contribution >= 4 is 0 Å². The van der Waals surface area contributed by atoms with E-state index in [1.807, 2.05) is 6.92 Å². The number of hydrogen-bond acceptors (Lipinski definition) is 10. The van der Waals surface area contributed by atoms with E-state index in [0.717, 1.165) is 19.4 Å². The van der Waals surface area contributed by atoms with Crippen molar-refractivity contribution in [1.82, 2.24) is 4.90 Å². The Balaban J connectivity index is 1.39. The van der Waals surface area contributed by atoms with Crippen molar-refractivity contribution in [2.45, 2.75) is 112 Å². The van der Waals surface area contributed by atoms with Crippen molar-refractivity contribution in [3.8, 4) is 0 Å².